The van der Waals surface area contributed by atoms with Gasteiger partial charge in [-0.25, -0.2) is 4.79 Å². The Bertz CT molecular complexity index is 462. The van der Waals surface area contributed by atoms with E-state index in [-0.39, 0.29) is 18.0 Å². The van der Waals surface area contributed by atoms with Crippen LogP contribution in [0.3, 0.4) is 0 Å². The monoisotopic (exact) mass is 298 g/mol. The summed E-state index contributed by atoms with van der Waals surface area (Å²) in [5, 5.41) is 6.07. The summed E-state index contributed by atoms with van der Waals surface area (Å²) < 4.78 is 4.63. The average molecular weight is 299 g/mol. The molecular formula is C14H19ClN2O3. The fourth-order valence-electron chi connectivity index (χ4n) is 1.56. The maximum atomic E-state index is 11.7. The first kappa shape index (κ1) is 16.3. The third-order valence-corrected chi connectivity index (χ3v) is 3.30. The van der Waals surface area contributed by atoms with Crippen LogP contribution in [-0.4, -0.2) is 25.2 Å². The van der Waals surface area contributed by atoms with Gasteiger partial charge < -0.3 is 15.4 Å². The number of benzene rings is 1. The average Bonchev–Trinajstić information content (AvgIpc) is 2.44. The molecule has 2 amide bonds. The molecule has 0 unspecified atom stereocenters. The van der Waals surface area contributed by atoms with E-state index in [1.54, 1.807) is 26.0 Å². The molecule has 0 saturated carbocycles. The van der Waals surface area contributed by atoms with Crippen LogP contribution >= 0.6 is 11.6 Å². The molecule has 2 atom stereocenters. The minimum atomic E-state index is -0.402. The molecule has 0 spiro atoms. The van der Waals surface area contributed by atoms with Gasteiger partial charge in [-0.1, -0.05) is 23.7 Å². The van der Waals surface area contributed by atoms with E-state index in [2.05, 4.69) is 15.4 Å². The third kappa shape index (κ3) is 5.09. The number of carbonyl (C=O) groups excluding carboxylic acids is 2. The van der Waals surface area contributed by atoms with E-state index in [4.69, 9.17) is 11.6 Å². The molecule has 1 rings (SSSR count). The SMILES string of the molecule is COC(=O)[C@H](C)[C@H](C)NC(=O)NCc1ccc(Cl)cc1. The molecule has 0 aromatic heterocycles. The molecule has 0 bridgehead atoms. The molecule has 0 aliphatic rings. The van der Waals surface area contributed by atoms with Gasteiger partial charge in [0.2, 0.25) is 0 Å². The maximum absolute atomic E-state index is 11.7. The second-order valence-corrected chi connectivity index (χ2v) is 4.99. The van der Waals surface area contributed by atoms with E-state index >= 15 is 0 Å². The number of esters is 1. The number of carbonyl (C=O) groups is 2. The number of urea groups is 1. The van der Waals surface area contributed by atoms with Crippen molar-refractivity contribution in [3.05, 3.63) is 34.9 Å². The number of halogens is 1. The van der Waals surface area contributed by atoms with Crippen molar-refractivity contribution >= 4 is 23.6 Å². The third-order valence-electron chi connectivity index (χ3n) is 3.05. The van der Waals surface area contributed by atoms with Gasteiger partial charge in [0.1, 0.15) is 0 Å². The van der Waals surface area contributed by atoms with Crippen molar-refractivity contribution in [1.82, 2.24) is 10.6 Å². The van der Waals surface area contributed by atoms with Gasteiger partial charge in [0.05, 0.1) is 13.0 Å². The number of methoxy groups -OCH3 is 1. The van der Waals surface area contributed by atoms with E-state index < -0.39 is 5.92 Å². The highest BCUT2D eigenvalue weighted by Gasteiger charge is 2.22. The van der Waals surface area contributed by atoms with Gasteiger partial charge in [0.15, 0.2) is 0 Å². The fraction of sp³-hybridized carbons (Fsp3) is 0.429. The highest BCUT2D eigenvalue weighted by atomic mass is 35.5. The van der Waals surface area contributed by atoms with Gasteiger partial charge in [0.25, 0.3) is 0 Å². The Hall–Kier alpha value is -1.75. The molecule has 5 nitrogen and oxygen atoms in total. The summed E-state index contributed by atoms with van der Waals surface area (Å²) in [6.45, 7) is 3.85. The number of rotatable bonds is 5. The maximum Gasteiger partial charge on any atom is 0.315 e. The summed E-state index contributed by atoms with van der Waals surface area (Å²) in [4.78, 5) is 23.0. The molecule has 0 heterocycles. The van der Waals surface area contributed by atoms with Crippen LogP contribution in [0.2, 0.25) is 5.02 Å². The highest BCUT2D eigenvalue weighted by molar-refractivity contribution is 6.30. The van der Waals surface area contributed by atoms with Gasteiger partial charge >= 0.3 is 12.0 Å². The van der Waals surface area contributed by atoms with Crippen LogP contribution in [0.4, 0.5) is 4.79 Å². The van der Waals surface area contributed by atoms with Crippen LogP contribution in [0, 0.1) is 5.92 Å². The fourth-order valence-corrected chi connectivity index (χ4v) is 1.68. The lowest BCUT2D eigenvalue weighted by molar-refractivity contribution is -0.145. The molecule has 20 heavy (non-hydrogen) atoms. The Labute approximate surface area is 123 Å². The second-order valence-electron chi connectivity index (χ2n) is 4.55. The minimum absolute atomic E-state index is 0.312. The van der Waals surface area contributed by atoms with Gasteiger partial charge in [-0.2, -0.15) is 0 Å². The predicted octanol–water partition coefficient (Wildman–Crippen LogP) is 2.34. The minimum Gasteiger partial charge on any atom is -0.469 e. The Morgan fingerprint density at radius 3 is 2.40 bits per heavy atom. The molecule has 0 fully saturated rings. The first-order valence-electron chi connectivity index (χ1n) is 6.30. The first-order valence-corrected chi connectivity index (χ1v) is 6.68. The molecule has 0 saturated heterocycles. The van der Waals surface area contributed by atoms with Crippen molar-refractivity contribution < 1.29 is 14.3 Å². The summed E-state index contributed by atoms with van der Waals surface area (Å²) in [5.41, 5.74) is 0.943. The van der Waals surface area contributed by atoms with Crippen molar-refractivity contribution in [3.63, 3.8) is 0 Å². The van der Waals surface area contributed by atoms with Gasteiger partial charge in [0, 0.05) is 17.6 Å². The molecule has 0 aliphatic heterocycles. The van der Waals surface area contributed by atoms with E-state index in [1.165, 1.54) is 7.11 Å². The van der Waals surface area contributed by atoms with Crippen LogP contribution in [0.25, 0.3) is 0 Å². The van der Waals surface area contributed by atoms with E-state index in [0.29, 0.717) is 11.6 Å². The lowest BCUT2D eigenvalue weighted by Crippen LogP contribution is -2.45. The predicted molar refractivity (Wildman–Crippen MR) is 77.5 cm³/mol. The van der Waals surface area contributed by atoms with Gasteiger partial charge in [-0.05, 0) is 31.5 Å². The zero-order valence-electron chi connectivity index (χ0n) is 11.8. The molecule has 2 N–H and O–H groups in total. The van der Waals surface area contributed by atoms with Crippen molar-refractivity contribution in [3.8, 4) is 0 Å². The summed E-state index contributed by atoms with van der Waals surface area (Å²) in [7, 11) is 1.33. The number of hydrogen-bond acceptors (Lipinski definition) is 3. The summed E-state index contributed by atoms with van der Waals surface area (Å²) in [6.07, 6.45) is 0. The summed E-state index contributed by atoms with van der Waals surface area (Å²) in [6, 6.07) is 6.55. The number of ether oxygens (including phenoxy) is 1. The Balaban J connectivity index is 2.40. The molecule has 0 aliphatic carbocycles. The second kappa shape index (κ2) is 7.75. The zero-order valence-corrected chi connectivity index (χ0v) is 12.5. The first-order chi connectivity index (χ1) is 9.43. The van der Waals surface area contributed by atoms with Crippen LogP contribution < -0.4 is 10.6 Å². The van der Waals surface area contributed by atoms with Crippen LogP contribution in [0.1, 0.15) is 19.4 Å². The molecule has 6 heteroatoms. The molecule has 110 valence electrons. The number of amides is 2. The van der Waals surface area contributed by atoms with E-state index in [1.807, 2.05) is 12.1 Å². The molecular weight excluding hydrogens is 280 g/mol. The largest absolute Gasteiger partial charge is 0.469 e. The Morgan fingerprint density at radius 1 is 1.25 bits per heavy atom. The standard InChI is InChI=1S/C14H19ClN2O3/c1-9(13(18)20-3)10(2)17-14(19)16-8-11-4-6-12(15)7-5-11/h4-7,9-10H,8H2,1-3H3,(H2,16,17,19)/t9-,10+/m1/s1. The van der Waals surface area contributed by atoms with Crippen molar-refractivity contribution in [2.24, 2.45) is 5.92 Å². The Kier molecular flexibility index (Phi) is 6.31. The normalized spacial score (nSPS) is 13.2. The molecule has 0 radical (unpaired) electrons. The van der Waals surface area contributed by atoms with E-state index in [9.17, 15) is 9.59 Å². The van der Waals surface area contributed by atoms with Crippen LogP contribution in [-0.2, 0) is 16.1 Å². The van der Waals surface area contributed by atoms with Crippen LogP contribution in [0.5, 0.6) is 0 Å². The summed E-state index contributed by atoms with van der Waals surface area (Å²) in [5.74, 6) is -0.753. The summed E-state index contributed by atoms with van der Waals surface area (Å²) >= 11 is 5.78. The number of hydrogen-bond donors (Lipinski definition) is 2. The lowest BCUT2D eigenvalue weighted by Gasteiger charge is -2.19. The molecule has 1 aromatic rings. The number of nitrogens with one attached hydrogen (secondary N) is 2. The van der Waals surface area contributed by atoms with Crippen LogP contribution in [0.15, 0.2) is 24.3 Å². The smallest absolute Gasteiger partial charge is 0.315 e. The molecule has 1 aromatic carbocycles. The quantitative estimate of drug-likeness (QED) is 0.820. The van der Waals surface area contributed by atoms with Crippen molar-refractivity contribution in [2.45, 2.75) is 26.4 Å². The Morgan fingerprint density at radius 2 is 1.85 bits per heavy atom. The topological polar surface area (TPSA) is 67.4 Å². The zero-order chi connectivity index (χ0) is 15.1. The van der Waals surface area contributed by atoms with Crippen molar-refractivity contribution in [2.75, 3.05) is 7.11 Å². The highest BCUT2D eigenvalue weighted by Crippen LogP contribution is 2.09. The van der Waals surface area contributed by atoms with E-state index in [0.717, 1.165) is 5.56 Å². The van der Waals surface area contributed by atoms with Gasteiger partial charge in [-0.15, -0.1) is 0 Å². The lowest BCUT2D eigenvalue weighted by atomic mass is 10.0. The van der Waals surface area contributed by atoms with Gasteiger partial charge in [-0.3, -0.25) is 4.79 Å². The van der Waals surface area contributed by atoms with Crippen molar-refractivity contribution in [1.29, 1.82) is 0 Å².